The van der Waals surface area contributed by atoms with Crippen LogP contribution in [0.2, 0.25) is 0 Å². The third-order valence-electron chi connectivity index (χ3n) is 3.75. The van der Waals surface area contributed by atoms with Gasteiger partial charge in [0.1, 0.15) is 11.5 Å². The molecule has 19 heavy (non-hydrogen) atoms. The van der Waals surface area contributed by atoms with Crippen LogP contribution >= 0.6 is 15.9 Å². The molecule has 1 aliphatic rings. The smallest absolute Gasteiger partial charge is 0.142 e. The van der Waals surface area contributed by atoms with Gasteiger partial charge in [-0.2, -0.15) is 0 Å². The first-order valence-electron chi connectivity index (χ1n) is 6.66. The number of carbonyl (C=O) groups is 1. The maximum Gasteiger partial charge on any atom is 0.142 e. The first-order chi connectivity index (χ1) is 9.10. The monoisotopic (exact) mass is 325 g/mol. The van der Waals surface area contributed by atoms with Crippen molar-refractivity contribution in [2.45, 2.75) is 25.7 Å². The van der Waals surface area contributed by atoms with Crippen molar-refractivity contribution in [2.24, 2.45) is 5.92 Å². The highest BCUT2D eigenvalue weighted by atomic mass is 79.9. The third-order valence-corrected chi connectivity index (χ3v) is 4.24. The fourth-order valence-corrected chi connectivity index (χ4v) is 2.98. The summed E-state index contributed by atoms with van der Waals surface area (Å²) in [6.07, 6.45) is 3.52. The molecular weight excluding hydrogens is 306 g/mol. The minimum atomic E-state index is 0.416. The number of anilines is 1. The number of ketones is 1. The third kappa shape index (κ3) is 3.72. The van der Waals surface area contributed by atoms with Crippen molar-refractivity contribution < 1.29 is 9.53 Å². The summed E-state index contributed by atoms with van der Waals surface area (Å²) in [5.74, 6) is 1.91. The lowest BCUT2D eigenvalue weighted by atomic mass is 9.88. The van der Waals surface area contributed by atoms with Gasteiger partial charge in [0.25, 0.3) is 0 Å². The second-order valence-electron chi connectivity index (χ2n) is 5.18. The Morgan fingerprint density at radius 2 is 2.05 bits per heavy atom. The lowest BCUT2D eigenvalue weighted by Crippen LogP contribution is -2.28. The summed E-state index contributed by atoms with van der Waals surface area (Å²) in [7, 11) is 3.78. The average Bonchev–Trinajstić information content (AvgIpc) is 2.41. The number of hydrogen-bond acceptors (Lipinski definition) is 3. The van der Waals surface area contributed by atoms with E-state index in [0.29, 0.717) is 11.7 Å². The lowest BCUT2D eigenvalue weighted by Gasteiger charge is -2.29. The van der Waals surface area contributed by atoms with E-state index in [-0.39, 0.29) is 0 Å². The SMILES string of the molecule is COc1ccc(Br)cc1N(C)CC1CCC(=O)CC1. The van der Waals surface area contributed by atoms with Gasteiger partial charge in [0.05, 0.1) is 12.8 Å². The number of nitrogens with zero attached hydrogens (tertiary/aromatic N) is 1. The molecule has 0 saturated heterocycles. The van der Waals surface area contributed by atoms with Gasteiger partial charge in [-0.15, -0.1) is 0 Å². The molecule has 0 unspecified atom stereocenters. The highest BCUT2D eigenvalue weighted by Gasteiger charge is 2.21. The zero-order valence-electron chi connectivity index (χ0n) is 11.5. The molecule has 3 nitrogen and oxygen atoms in total. The Morgan fingerprint density at radius 3 is 2.68 bits per heavy atom. The van der Waals surface area contributed by atoms with Crippen LogP contribution in [0.4, 0.5) is 5.69 Å². The normalized spacial score (nSPS) is 16.5. The summed E-state index contributed by atoms with van der Waals surface area (Å²) in [6.45, 7) is 0.972. The molecule has 0 atom stereocenters. The Labute approximate surface area is 123 Å². The molecule has 0 aliphatic heterocycles. The molecule has 2 rings (SSSR count). The van der Waals surface area contributed by atoms with Gasteiger partial charge in [0.15, 0.2) is 0 Å². The van der Waals surface area contributed by atoms with Crippen LogP contribution < -0.4 is 9.64 Å². The van der Waals surface area contributed by atoms with E-state index in [9.17, 15) is 4.79 Å². The Bertz CT molecular complexity index is 451. The zero-order chi connectivity index (χ0) is 13.8. The van der Waals surface area contributed by atoms with Gasteiger partial charge in [-0.05, 0) is 37.0 Å². The van der Waals surface area contributed by atoms with E-state index in [2.05, 4.69) is 33.9 Å². The quantitative estimate of drug-likeness (QED) is 0.846. The van der Waals surface area contributed by atoms with Crippen molar-refractivity contribution >= 4 is 27.4 Å². The molecule has 4 heteroatoms. The minimum Gasteiger partial charge on any atom is -0.495 e. The highest BCUT2D eigenvalue weighted by Crippen LogP contribution is 2.32. The molecule has 1 aliphatic carbocycles. The summed E-state index contributed by atoms with van der Waals surface area (Å²) in [5.41, 5.74) is 1.09. The molecular formula is C15H20BrNO2. The van der Waals surface area contributed by atoms with E-state index in [1.165, 1.54) is 0 Å². The van der Waals surface area contributed by atoms with Gasteiger partial charge in [0.2, 0.25) is 0 Å². The number of benzene rings is 1. The van der Waals surface area contributed by atoms with Gasteiger partial charge < -0.3 is 9.64 Å². The molecule has 0 heterocycles. The Balaban J connectivity index is 2.04. The molecule has 1 saturated carbocycles. The van der Waals surface area contributed by atoms with Crippen LogP contribution in [0.1, 0.15) is 25.7 Å². The topological polar surface area (TPSA) is 29.5 Å². The van der Waals surface area contributed by atoms with Crippen LogP contribution in [-0.4, -0.2) is 26.5 Å². The van der Waals surface area contributed by atoms with Crippen molar-refractivity contribution in [1.82, 2.24) is 0 Å². The first kappa shape index (κ1) is 14.4. The van der Waals surface area contributed by atoms with Crippen LogP contribution in [0.15, 0.2) is 22.7 Å². The van der Waals surface area contributed by atoms with E-state index in [1.54, 1.807) is 7.11 Å². The zero-order valence-corrected chi connectivity index (χ0v) is 13.1. The number of carbonyl (C=O) groups excluding carboxylic acids is 1. The average molecular weight is 326 g/mol. The van der Waals surface area contributed by atoms with Crippen molar-refractivity contribution in [3.05, 3.63) is 22.7 Å². The molecule has 0 aromatic heterocycles. The highest BCUT2D eigenvalue weighted by molar-refractivity contribution is 9.10. The van der Waals surface area contributed by atoms with Gasteiger partial charge in [0, 0.05) is 30.9 Å². The molecule has 0 N–H and O–H groups in total. The van der Waals surface area contributed by atoms with E-state index in [0.717, 1.165) is 48.1 Å². The van der Waals surface area contributed by atoms with Crippen molar-refractivity contribution in [3.8, 4) is 5.75 Å². The summed E-state index contributed by atoms with van der Waals surface area (Å²) >= 11 is 3.50. The Hall–Kier alpha value is -1.03. The van der Waals surface area contributed by atoms with Crippen LogP contribution in [0.3, 0.4) is 0 Å². The maximum atomic E-state index is 11.3. The van der Waals surface area contributed by atoms with Crippen LogP contribution in [0.5, 0.6) is 5.75 Å². The fraction of sp³-hybridized carbons (Fsp3) is 0.533. The van der Waals surface area contributed by atoms with E-state index in [4.69, 9.17) is 4.74 Å². The predicted molar refractivity (Wildman–Crippen MR) is 80.9 cm³/mol. The number of methoxy groups -OCH3 is 1. The second kappa shape index (κ2) is 6.42. The van der Waals surface area contributed by atoms with Gasteiger partial charge in [-0.25, -0.2) is 0 Å². The van der Waals surface area contributed by atoms with Gasteiger partial charge in [-0.1, -0.05) is 15.9 Å². The standard InChI is InChI=1S/C15H20BrNO2/c1-17(10-11-3-6-13(18)7-4-11)14-9-12(16)5-8-15(14)19-2/h5,8-9,11H,3-4,6-7,10H2,1-2H3. The number of ether oxygens (including phenoxy) is 1. The maximum absolute atomic E-state index is 11.3. The largest absolute Gasteiger partial charge is 0.495 e. The van der Waals surface area contributed by atoms with Crippen LogP contribution in [0, 0.1) is 5.92 Å². The molecule has 1 aromatic carbocycles. The van der Waals surface area contributed by atoms with Crippen molar-refractivity contribution in [1.29, 1.82) is 0 Å². The number of Topliss-reactive ketones (excluding diaryl/α,β-unsaturated/α-hetero) is 1. The molecule has 0 radical (unpaired) electrons. The van der Waals surface area contributed by atoms with E-state index >= 15 is 0 Å². The Morgan fingerprint density at radius 1 is 1.37 bits per heavy atom. The first-order valence-corrected chi connectivity index (χ1v) is 7.46. The number of rotatable bonds is 4. The molecule has 0 spiro atoms. The summed E-state index contributed by atoms with van der Waals surface area (Å²) in [4.78, 5) is 13.5. The summed E-state index contributed by atoms with van der Waals surface area (Å²) < 4.78 is 6.46. The van der Waals surface area contributed by atoms with Gasteiger partial charge in [-0.3, -0.25) is 4.79 Å². The van der Waals surface area contributed by atoms with E-state index in [1.807, 2.05) is 12.1 Å². The van der Waals surface area contributed by atoms with Crippen LogP contribution in [-0.2, 0) is 4.79 Å². The predicted octanol–water partition coefficient (Wildman–Crippen LogP) is 3.65. The Kier molecular flexibility index (Phi) is 4.86. The lowest BCUT2D eigenvalue weighted by molar-refractivity contribution is -0.120. The molecule has 1 fully saturated rings. The van der Waals surface area contributed by atoms with Crippen molar-refractivity contribution in [2.75, 3.05) is 25.6 Å². The van der Waals surface area contributed by atoms with Gasteiger partial charge >= 0.3 is 0 Å². The summed E-state index contributed by atoms with van der Waals surface area (Å²) in [6, 6.07) is 6.03. The number of hydrogen-bond donors (Lipinski definition) is 0. The molecule has 0 bridgehead atoms. The molecule has 104 valence electrons. The van der Waals surface area contributed by atoms with Crippen molar-refractivity contribution in [3.63, 3.8) is 0 Å². The number of halogens is 1. The van der Waals surface area contributed by atoms with Crippen LogP contribution in [0.25, 0.3) is 0 Å². The fourth-order valence-electron chi connectivity index (χ4n) is 2.63. The summed E-state index contributed by atoms with van der Waals surface area (Å²) in [5, 5.41) is 0. The van der Waals surface area contributed by atoms with E-state index < -0.39 is 0 Å². The molecule has 0 amide bonds. The molecule has 1 aromatic rings. The minimum absolute atomic E-state index is 0.416. The second-order valence-corrected chi connectivity index (χ2v) is 6.09.